The van der Waals surface area contributed by atoms with E-state index in [1.165, 1.54) is 23.5 Å². The number of nitrogens with zero attached hydrogens (tertiary/aromatic N) is 2. The van der Waals surface area contributed by atoms with Crippen molar-refractivity contribution in [3.8, 4) is 16.9 Å². The molecule has 1 unspecified atom stereocenters. The number of nitrogens with two attached hydrogens (primary N) is 1. The Hall–Kier alpha value is -2.95. The number of aromatic nitrogens is 1. The summed E-state index contributed by atoms with van der Waals surface area (Å²) < 4.78 is 66.7. The third-order valence-electron chi connectivity index (χ3n) is 8.15. The lowest BCUT2D eigenvalue weighted by molar-refractivity contribution is -0.0312. The normalized spacial score (nSPS) is 19.7. The van der Waals surface area contributed by atoms with Gasteiger partial charge < -0.3 is 25.6 Å². The SMILES string of the molecule is CNS(=O)(=O)c1cccc(OC[C@@H](O)CNC2COC3(CCN(S(=O)(=O)c4cccc(-c5ccc(CN)nc5)c4)CC3)C2)c1. The van der Waals surface area contributed by atoms with Gasteiger partial charge in [-0.05, 0) is 62.2 Å². The minimum absolute atomic E-state index is 0.00727. The maximum Gasteiger partial charge on any atom is 0.243 e. The Bertz CT molecular complexity index is 1640. The first kappa shape index (κ1) is 32.4. The molecule has 5 rings (SSSR count). The van der Waals surface area contributed by atoms with E-state index in [0.29, 0.717) is 51.3 Å². The van der Waals surface area contributed by atoms with Crippen LogP contribution >= 0.6 is 0 Å². The average molecular weight is 646 g/mol. The highest BCUT2D eigenvalue weighted by Gasteiger charge is 2.44. The fourth-order valence-electron chi connectivity index (χ4n) is 5.56. The maximum atomic E-state index is 13.5. The number of piperidine rings is 1. The number of benzene rings is 2. The Kier molecular flexibility index (Phi) is 10.0. The number of rotatable bonds is 12. The van der Waals surface area contributed by atoms with Gasteiger partial charge in [0, 0.05) is 50.0 Å². The molecule has 14 heteroatoms. The van der Waals surface area contributed by atoms with E-state index in [1.54, 1.807) is 36.5 Å². The van der Waals surface area contributed by atoms with Crippen LogP contribution in [0.3, 0.4) is 0 Å². The molecule has 0 amide bonds. The van der Waals surface area contributed by atoms with Crippen LogP contribution in [0.15, 0.2) is 76.7 Å². The number of hydrogen-bond donors (Lipinski definition) is 4. The molecule has 44 heavy (non-hydrogen) atoms. The van der Waals surface area contributed by atoms with Gasteiger partial charge in [0.1, 0.15) is 18.5 Å². The highest BCUT2D eigenvalue weighted by atomic mass is 32.2. The standard InChI is InChI=1S/C30H39N5O7S2/c1-32-43(37,38)28-6-3-5-27(15-28)41-21-26(36)19-34-25-16-30(42-20-25)10-12-35(13-11-30)44(39,40)29-7-2-4-22(14-29)23-8-9-24(17-31)33-18-23/h2-9,14-15,18,25-26,32,34,36H,10-13,16-17,19-21,31H2,1H3/t25?,26-/m0/s1. The van der Waals surface area contributed by atoms with E-state index in [9.17, 15) is 21.9 Å². The fraction of sp³-hybridized carbons (Fsp3) is 0.433. The van der Waals surface area contributed by atoms with Crippen molar-refractivity contribution in [1.82, 2.24) is 19.3 Å². The smallest absolute Gasteiger partial charge is 0.243 e. The van der Waals surface area contributed by atoms with Crippen molar-refractivity contribution in [2.24, 2.45) is 5.73 Å². The molecule has 0 radical (unpaired) electrons. The Balaban J connectivity index is 1.10. The molecule has 0 bridgehead atoms. The number of hydrogen-bond acceptors (Lipinski definition) is 10. The second-order valence-corrected chi connectivity index (χ2v) is 14.9. The summed E-state index contributed by atoms with van der Waals surface area (Å²) in [4.78, 5) is 4.64. The zero-order chi connectivity index (χ0) is 31.4. The number of nitrogens with one attached hydrogen (secondary N) is 2. The highest BCUT2D eigenvalue weighted by molar-refractivity contribution is 7.89. The number of sulfonamides is 2. The van der Waals surface area contributed by atoms with Crippen molar-refractivity contribution < 1.29 is 31.4 Å². The molecular weight excluding hydrogens is 606 g/mol. The molecule has 2 saturated heterocycles. The van der Waals surface area contributed by atoms with Crippen molar-refractivity contribution in [1.29, 1.82) is 0 Å². The zero-order valence-corrected chi connectivity index (χ0v) is 26.2. The average Bonchev–Trinajstić information content (AvgIpc) is 3.45. The second-order valence-electron chi connectivity index (χ2n) is 11.1. The molecule has 238 valence electrons. The maximum absolute atomic E-state index is 13.5. The molecule has 3 aromatic rings. The van der Waals surface area contributed by atoms with Gasteiger partial charge in [0.2, 0.25) is 20.0 Å². The quantitative estimate of drug-likeness (QED) is 0.226. The monoisotopic (exact) mass is 645 g/mol. The van der Waals surface area contributed by atoms with Gasteiger partial charge in [-0.3, -0.25) is 4.98 Å². The summed E-state index contributed by atoms with van der Waals surface area (Å²) in [6.07, 6.45) is 2.73. The first-order valence-electron chi connectivity index (χ1n) is 14.5. The molecule has 2 aliphatic heterocycles. The lowest BCUT2D eigenvalue weighted by atomic mass is 9.88. The Morgan fingerprint density at radius 3 is 2.52 bits per heavy atom. The predicted octanol–water partition coefficient (Wildman–Crippen LogP) is 1.46. The highest BCUT2D eigenvalue weighted by Crippen LogP contribution is 2.37. The summed E-state index contributed by atoms with van der Waals surface area (Å²) in [5.74, 6) is 0.343. The molecule has 2 fully saturated rings. The molecular formula is C30H39N5O7S2. The van der Waals surface area contributed by atoms with Crippen LogP contribution in [0.1, 0.15) is 25.0 Å². The van der Waals surface area contributed by atoms with Crippen LogP contribution in [0.25, 0.3) is 11.1 Å². The first-order valence-corrected chi connectivity index (χ1v) is 17.4. The van der Waals surface area contributed by atoms with E-state index in [2.05, 4.69) is 15.0 Å². The van der Waals surface area contributed by atoms with E-state index >= 15 is 0 Å². The van der Waals surface area contributed by atoms with E-state index in [0.717, 1.165) is 16.8 Å². The van der Waals surface area contributed by atoms with E-state index in [-0.39, 0.29) is 29.0 Å². The van der Waals surface area contributed by atoms with Crippen LogP contribution in [0.5, 0.6) is 5.75 Å². The van der Waals surface area contributed by atoms with Crippen molar-refractivity contribution in [3.63, 3.8) is 0 Å². The van der Waals surface area contributed by atoms with Crippen LogP contribution in [0.2, 0.25) is 0 Å². The van der Waals surface area contributed by atoms with E-state index < -0.39 is 31.8 Å². The lowest BCUT2D eigenvalue weighted by Crippen LogP contribution is -2.47. The second kappa shape index (κ2) is 13.6. The minimum Gasteiger partial charge on any atom is -0.491 e. The third kappa shape index (κ3) is 7.46. The Labute approximate surface area is 258 Å². The van der Waals surface area contributed by atoms with Gasteiger partial charge in [-0.1, -0.05) is 24.3 Å². The topological polar surface area (TPSA) is 173 Å². The van der Waals surface area contributed by atoms with Gasteiger partial charge >= 0.3 is 0 Å². The molecule has 0 saturated carbocycles. The molecule has 1 spiro atoms. The summed E-state index contributed by atoms with van der Waals surface area (Å²) in [7, 11) is -5.95. The number of pyridine rings is 1. The minimum atomic E-state index is -3.69. The van der Waals surface area contributed by atoms with Gasteiger partial charge in [-0.15, -0.1) is 0 Å². The van der Waals surface area contributed by atoms with Crippen molar-refractivity contribution in [2.75, 3.05) is 39.9 Å². The lowest BCUT2D eigenvalue weighted by Gasteiger charge is -2.38. The van der Waals surface area contributed by atoms with Crippen molar-refractivity contribution in [3.05, 3.63) is 72.6 Å². The number of aliphatic hydroxyl groups is 1. The number of aliphatic hydroxyl groups excluding tert-OH is 1. The van der Waals surface area contributed by atoms with E-state index in [1.807, 2.05) is 18.2 Å². The molecule has 1 aromatic heterocycles. The van der Waals surface area contributed by atoms with Crippen LogP contribution < -0.4 is 20.5 Å². The van der Waals surface area contributed by atoms with E-state index in [4.69, 9.17) is 15.2 Å². The van der Waals surface area contributed by atoms with Gasteiger partial charge in [0.05, 0.1) is 27.7 Å². The molecule has 2 aromatic carbocycles. The van der Waals surface area contributed by atoms with Crippen LogP contribution in [-0.4, -0.2) is 88.9 Å². The zero-order valence-electron chi connectivity index (χ0n) is 24.6. The summed E-state index contributed by atoms with van der Waals surface area (Å²) in [6, 6.07) is 16.7. The predicted molar refractivity (Wildman–Crippen MR) is 165 cm³/mol. The van der Waals surface area contributed by atoms with Gasteiger partial charge in [-0.25, -0.2) is 21.6 Å². The van der Waals surface area contributed by atoms with Crippen LogP contribution in [-0.2, 0) is 31.3 Å². The Morgan fingerprint density at radius 1 is 1.07 bits per heavy atom. The molecule has 12 nitrogen and oxygen atoms in total. The van der Waals surface area contributed by atoms with Crippen LogP contribution in [0.4, 0.5) is 0 Å². The first-order chi connectivity index (χ1) is 21.0. The summed E-state index contributed by atoms with van der Waals surface area (Å²) in [6.45, 7) is 1.75. The van der Waals surface area contributed by atoms with Crippen molar-refractivity contribution in [2.45, 2.75) is 53.3 Å². The Morgan fingerprint density at radius 2 is 1.82 bits per heavy atom. The molecule has 2 atom stereocenters. The van der Waals surface area contributed by atoms with Gasteiger partial charge in [0.25, 0.3) is 0 Å². The molecule has 0 aliphatic carbocycles. The summed E-state index contributed by atoms with van der Waals surface area (Å²) in [5, 5.41) is 13.8. The fourth-order valence-corrected chi connectivity index (χ4v) is 7.81. The van der Waals surface area contributed by atoms with Gasteiger partial charge in [-0.2, -0.15) is 4.31 Å². The number of ether oxygens (including phenoxy) is 2. The van der Waals surface area contributed by atoms with Crippen LogP contribution in [0, 0.1) is 0 Å². The summed E-state index contributed by atoms with van der Waals surface area (Å²) in [5.41, 5.74) is 7.58. The molecule has 3 heterocycles. The molecule has 5 N–H and O–H groups in total. The summed E-state index contributed by atoms with van der Waals surface area (Å²) >= 11 is 0. The largest absolute Gasteiger partial charge is 0.491 e. The third-order valence-corrected chi connectivity index (χ3v) is 11.5. The van der Waals surface area contributed by atoms with Crippen molar-refractivity contribution >= 4 is 20.0 Å². The van der Waals surface area contributed by atoms with Gasteiger partial charge in [0.15, 0.2) is 0 Å². The molecule has 2 aliphatic rings.